The smallest absolute Gasteiger partial charge is 0.234 e. The highest BCUT2D eigenvalue weighted by molar-refractivity contribution is 7.99. The summed E-state index contributed by atoms with van der Waals surface area (Å²) in [6.45, 7) is 2.45. The summed E-state index contributed by atoms with van der Waals surface area (Å²) in [6, 6.07) is 8.16. The van der Waals surface area contributed by atoms with Crippen molar-refractivity contribution in [2.24, 2.45) is 23.2 Å². The number of thioether (sulfide) groups is 1. The lowest BCUT2D eigenvalue weighted by Crippen LogP contribution is -2.53. The maximum absolute atomic E-state index is 13.5. The van der Waals surface area contributed by atoms with Crippen molar-refractivity contribution in [1.29, 1.82) is 0 Å². The Kier molecular flexibility index (Phi) is 7.03. The van der Waals surface area contributed by atoms with E-state index in [1.165, 1.54) is 50.3 Å². The quantitative estimate of drug-likeness (QED) is 0.438. The monoisotopic (exact) mass is 521 g/mol. The first-order chi connectivity index (χ1) is 18.0. The van der Waals surface area contributed by atoms with Gasteiger partial charge in [-0.2, -0.15) is 0 Å². The van der Waals surface area contributed by atoms with E-state index in [2.05, 4.69) is 25.4 Å². The van der Waals surface area contributed by atoms with Gasteiger partial charge in [-0.1, -0.05) is 48.7 Å². The molecule has 2 amide bonds. The van der Waals surface area contributed by atoms with Crippen LogP contribution in [-0.4, -0.2) is 32.3 Å². The van der Waals surface area contributed by atoms with Crippen LogP contribution < -0.4 is 10.6 Å². The third-order valence-electron chi connectivity index (χ3n) is 9.27. The van der Waals surface area contributed by atoms with Crippen LogP contribution in [0.2, 0.25) is 0 Å². The number of hydrogen-bond acceptors (Lipinski definition) is 5. The van der Waals surface area contributed by atoms with Gasteiger partial charge in [0.2, 0.25) is 11.8 Å². The van der Waals surface area contributed by atoms with Crippen molar-refractivity contribution in [2.45, 2.75) is 95.3 Å². The van der Waals surface area contributed by atoms with E-state index in [1.807, 2.05) is 31.2 Å². The molecule has 7 rings (SSSR count). The number of nitrogens with zero attached hydrogens (tertiary/aromatic N) is 3. The van der Waals surface area contributed by atoms with Gasteiger partial charge in [0.1, 0.15) is 0 Å². The lowest BCUT2D eigenvalue weighted by Gasteiger charge is -2.55. The van der Waals surface area contributed by atoms with E-state index in [0.717, 1.165) is 72.1 Å². The first kappa shape index (κ1) is 25.0. The number of carbonyl (C=O) groups excluding carboxylic acids is 2. The number of anilines is 1. The highest BCUT2D eigenvalue weighted by Crippen LogP contribution is 2.60. The van der Waals surface area contributed by atoms with Crippen LogP contribution in [0.25, 0.3) is 0 Å². The average Bonchev–Trinajstić information content (AvgIpc) is 3.30. The molecule has 5 fully saturated rings. The number of benzene rings is 1. The van der Waals surface area contributed by atoms with Crippen molar-refractivity contribution in [2.75, 3.05) is 11.1 Å². The van der Waals surface area contributed by atoms with Crippen molar-refractivity contribution in [1.82, 2.24) is 20.1 Å². The highest BCUT2D eigenvalue weighted by Gasteiger charge is 2.54. The maximum Gasteiger partial charge on any atom is 0.234 e. The Morgan fingerprint density at radius 3 is 2.27 bits per heavy atom. The predicted octanol–water partition coefficient (Wildman–Crippen LogP) is 5.66. The van der Waals surface area contributed by atoms with Gasteiger partial charge in [0.05, 0.1) is 12.3 Å². The number of rotatable bonds is 8. The van der Waals surface area contributed by atoms with Gasteiger partial charge >= 0.3 is 0 Å². The third-order valence-corrected chi connectivity index (χ3v) is 10.2. The van der Waals surface area contributed by atoms with Gasteiger partial charge in [-0.25, -0.2) is 0 Å². The van der Waals surface area contributed by atoms with Crippen molar-refractivity contribution < 1.29 is 9.59 Å². The van der Waals surface area contributed by atoms with Gasteiger partial charge in [-0.3, -0.25) is 9.59 Å². The molecular weight excluding hydrogens is 482 g/mol. The Balaban J connectivity index is 1.13. The van der Waals surface area contributed by atoms with Gasteiger partial charge in [-0.05, 0) is 88.2 Å². The minimum absolute atomic E-state index is 0.0521. The molecule has 0 atom stereocenters. The molecule has 5 aliphatic carbocycles. The minimum atomic E-state index is -0.157. The summed E-state index contributed by atoms with van der Waals surface area (Å²) in [5, 5.41) is 16.1. The Hall–Kier alpha value is -2.35. The molecular formula is C29H39N5O2S. The number of aromatic nitrogens is 3. The molecule has 0 spiro atoms. The molecule has 1 aromatic heterocycles. The molecule has 0 aliphatic heterocycles. The number of nitrogens with one attached hydrogen (secondary N) is 2. The molecule has 0 unspecified atom stereocenters. The van der Waals surface area contributed by atoms with Crippen LogP contribution >= 0.6 is 11.8 Å². The van der Waals surface area contributed by atoms with E-state index in [9.17, 15) is 9.59 Å². The first-order valence-corrected chi connectivity index (χ1v) is 15.2. The maximum atomic E-state index is 13.5. The van der Waals surface area contributed by atoms with Crippen molar-refractivity contribution in [3.63, 3.8) is 0 Å². The Labute approximate surface area is 224 Å². The number of aryl methyl sites for hydroxylation is 1. The molecule has 0 saturated heterocycles. The predicted molar refractivity (Wildman–Crippen MR) is 145 cm³/mol. The van der Waals surface area contributed by atoms with E-state index in [0.29, 0.717) is 12.6 Å². The Morgan fingerprint density at radius 1 is 0.973 bits per heavy atom. The third kappa shape index (κ3) is 5.31. The molecule has 1 heterocycles. The fourth-order valence-electron chi connectivity index (χ4n) is 7.93. The zero-order chi connectivity index (χ0) is 25.4. The number of amides is 2. The molecule has 2 aromatic rings. The summed E-state index contributed by atoms with van der Waals surface area (Å²) in [4.78, 5) is 26.2. The van der Waals surface area contributed by atoms with Crippen molar-refractivity contribution >= 4 is 29.3 Å². The molecule has 37 heavy (non-hydrogen) atoms. The summed E-state index contributed by atoms with van der Waals surface area (Å²) in [5.41, 5.74) is 1.81. The van der Waals surface area contributed by atoms with E-state index >= 15 is 0 Å². The molecule has 2 N–H and O–H groups in total. The molecule has 5 saturated carbocycles. The van der Waals surface area contributed by atoms with Crippen LogP contribution in [0, 0.1) is 30.1 Å². The SMILES string of the molecule is Cc1ccc(NC(=O)CSc2nnc(CNC(=O)C34CC5CC(CC(C5)C3)C4)n2C2CCCCC2)cc1. The molecule has 8 heteroatoms. The fourth-order valence-corrected chi connectivity index (χ4v) is 8.76. The Bertz CT molecular complexity index is 1100. The molecule has 7 nitrogen and oxygen atoms in total. The number of hydrogen-bond donors (Lipinski definition) is 2. The standard InChI is InChI=1S/C29H39N5O2S/c1-19-7-9-23(10-8-19)31-26(35)18-37-28-33-32-25(34(28)24-5-3-2-4-6-24)17-30-27(36)29-14-20-11-21(15-29)13-22(12-20)16-29/h7-10,20-22,24H,2-6,11-18H2,1H3,(H,30,36)(H,31,35). The van der Waals surface area contributed by atoms with Crippen molar-refractivity contribution in [3.8, 4) is 0 Å². The molecule has 5 aliphatic rings. The molecule has 198 valence electrons. The van der Waals surface area contributed by atoms with Crippen molar-refractivity contribution in [3.05, 3.63) is 35.7 Å². The molecule has 4 bridgehead atoms. The topological polar surface area (TPSA) is 88.9 Å². The summed E-state index contributed by atoms with van der Waals surface area (Å²) in [5.74, 6) is 3.52. The zero-order valence-electron chi connectivity index (χ0n) is 21.9. The van der Waals surface area contributed by atoms with Crippen LogP contribution in [0.3, 0.4) is 0 Å². The van der Waals surface area contributed by atoms with Crippen LogP contribution in [0.5, 0.6) is 0 Å². The largest absolute Gasteiger partial charge is 0.348 e. The van der Waals surface area contributed by atoms with Gasteiger partial charge in [0.15, 0.2) is 11.0 Å². The van der Waals surface area contributed by atoms with Crippen LogP contribution in [0.1, 0.15) is 88.1 Å². The summed E-state index contributed by atoms with van der Waals surface area (Å²) >= 11 is 1.44. The minimum Gasteiger partial charge on any atom is -0.348 e. The molecule has 1 aromatic carbocycles. The zero-order valence-corrected chi connectivity index (χ0v) is 22.7. The lowest BCUT2D eigenvalue weighted by atomic mass is 9.49. The number of carbonyl (C=O) groups is 2. The van der Waals surface area contributed by atoms with Crippen LogP contribution in [-0.2, 0) is 16.1 Å². The highest BCUT2D eigenvalue weighted by atomic mass is 32.2. The Morgan fingerprint density at radius 2 is 1.62 bits per heavy atom. The summed E-state index contributed by atoms with van der Waals surface area (Å²) < 4.78 is 2.23. The second-order valence-corrected chi connectivity index (χ2v) is 13.1. The molecule has 0 radical (unpaired) electrons. The summed E-state index contributed by atoms with van der Waals surface area (Å²) in [7, 11) is 0. The van der Waals surface area contributed by atoms with E-state index in [1.54, 1.807) is 0 Å². The summed E-state index contributed by atoms with van der Waals surface area (Å²) in [6.07, 6.45) is 13.0. The average molecular weight is 522 g/mol. The van der Waals surface area contributed by atoms with Crippen LogP contribution in [0.4, 0.5) is 5.69 Å². The fraction of sp³-hybridized carbons (Fsp3) is 0.655. The van der Waals surface area contributed by atoms with E-state index in [4.69, 9.17) is 0 Å². The second kappa shape index (κ2) is 10.4. The van der Waals surface area contributed by atoms with Gasteiger partial charge in [0.25, 0.3) is 0 Å². The van der Waals surface area contributed by atoms with Crippen LogP contribution in [0.15, 0.2) is 29.4 Å². The normalized spacial score (nSPS) is 28.8. The van der Waals surface area contributed by atoms with Gasteiger partial charge < -0.3 is 15.2 Å². The van der Waals surface area contributed by atoms with E-state index in [-0.39, 0.29) is 23.0 Å². The first-order valence-electron chi connectivity index (χ1n) is 14.2. The van der Waals surface area contributed by atoms with E-state index < -0.39 is 0 Å². The lowest BCUT2D eigenvalue weighted by molar-refractivity contribution is -0.146. The van der Waals surface area contributed by atoms with Gasteiger partial charge in [-0.15, -0.1) is 10.2 Å². The second-order valence-electron chi connectivity index (χ2n) is 12.1. The van der Waals surface area contributed by atoms with Gasteiger partial charge in [0, 0.05) is 17.1 Å².